The van der Waals surface area contributed by atoms with Crippen LogP contribution in [0, 0.1) is 5.92 Å². The van der Waals surface area contributed by atoms with Gasteiger partial charge >= 0.3 is 0 Å². The summed E-state index contributed by atoms with van der Waals surface area (Å²) in [5.41, 5.74) is 5.96. The molecule has 0 aliphatic carbocycles. The number of hydrogen-bond donors (Lipinski definition) is 1. The molecule has 0 amide bonds. The van der Waals surface area contributed by atoms with Crippen LogP contribution in [-0.2, 0) is 14.2 Å². The van der Waals surface area contributed by atoms with E-state index in [1.807, 2.05) is 0 Å². The summed E-state index contributed by atoms with van der Waals surface area (Å²) in [5.74, 6) is 0.464. The summed E-state index contributed by atoms with van der Waals surface area (Å²) in [6.07, 6.45) is 1.97. The molecule has 0 spiro atoms. The Morgan fingerprint density at radius 1 is 1.36 bits per heavy atom. The summed E-state index contributed by atoms with van der Waals surface area (Å²) in [6.45, 7) is 3.68. The molecule has 1 fully saturated rings. The van der Waals surface area contributed by atoms with Crippen molar-refractivity contribution in [3.05, 3.63) is 0 Å². The van der Waals surface area contributed by atoms with Crippen molar-refractivity contribution in [2.24, 2.45) is 11.7 Å². The maximum atomic E-state index is 5.96. The van der Waals surface area contributed by atoms with Gasteiger partial charge in [-0.3, -0.25) is 0 Å². The van der Waals surface area contributed by atoms with Gasteiger partial charge in [0, 0.05) is 26.4 Å². The van der Waals surface area contributed by atoms with E-state index in [0.717, 1.165) is 32.7 Å². The third-order valence-electron chi connectivity index (χ3n) is 2.60. The molecule has 0 radical (unpaired) electrons. The second kappa shape index (κ2) is 7.17. The highest BCUT2D eigenvalue weighted by Crippen LogP contribution is 2.16. The van der Waals surface area contributed by atoms with Crippen molar-refractivity contribution in [3.63, 3.8) is 0 Å². The Balaban J connectivity index is 1.99. The van der Waals surface area contributed by atoms with Crippen LogP contribution >= 0.6 is 0 Å². The summed E-state index contributed by atoms with van der Waals surface area (Å²) in [5, 5.41) is 0. The van der Waals surface area contributed by atoms with Gasteiger partial charge in [-0.05, 0) is 18.8 Å². The molecule has 0 aromatic heterocycles. The molecule has 0 bridgehead atoms. The first-order chi connectivity index (χ1) is 6.84. The zero-order valence-corrected chi connectivity index (χ0v) is 8.91. The summed E-state index contributed by atoms with van der Waals surface area (Å²) < 4.78 is 15.6. The van der Waals surface area contributed by atoms with Crippen molar-refractivity contribution >= 4 is 0 Å². The van der Waals surface area contributed by atoms with Crippen molar-refractivity contribution < 1.29 is 14.2 Å². The van der Waals surface area contributed by atoms with Gasteiger partial charge in [-0.25, -0.2) is 0 Å². The molecule has 2 unspecified atom stereocenters. The van der Waals surface area contributed by atoms with Crippen LogP contribution < -0.4 is 5.73 Å². The molecule has 0 aromatic rings. The standard InChI is InChI=1S/C10H21NO3/c1-12-6-7-13-4-2-9-8-14-5-3-10(9)11/h9-10H,2-8,11H2,1H3. The van der Waals surface area contributed by atoms with E-state index >= 15 is 0 Å². The van der Waals surface area contributed by atoms with E-state index in [4.69, 9.17) is 19.9 Å². The Kier molecular flexibility index (Phi) is 6.10. The van der Waals surface area contributed by atoms with Crippen LogP contribution in [-0.4, -0.2) is 46.2 Å². The summed E-state index contributed by atoms with van der Waals surface area (Å²) in [6, 6.07) is 0.287. The van der Waals surface area contributed by atoms with Crippen LogP contribution in [0.5, 0.6) is 0 Å². The third kappa shape index (κ3) is 4.37. The van der Waals surface area contributed by atoms with Crippen LogP contribution in [0.15, 0.2) is 0 Å². The Labute approximate surface area is 85.7 Å². The molecule has 1 aliphatic heterocycles. The topological polar surface area (TPSA) is 53.7 Å². The molecule has 4 heteroatoms. The van der Waals surface area contributed by atoms with Gasteiger partial charge in [0.25, 0.3) is 0 Å². The van der Waals surface area contributed by atoms with Gasteiger partial charge < -0.3 is 19.9 Å². The van der Waals surface area contributed by atoms with Gasteiger partial charge in [-0.1, -0.05) is 0 Å². The van der Waals surface area contributed by atoms with E-state index in [9.17, 15) is 0 Å². The molecule has 2 N–H and O–H groups in total. The molecule has 4 nitrogen and oxygen atoms in total. The molecule has 0 saturated carbocycles. The van der Waals surface area contributed by atoms with Crippen molar-refractivity contribution in [2.45, 2.75) is 18.9 Å². The highest BCUT2D eigenvalue weighted by atomic mass is 16.5. The SMILES string of the molecule is COCCOCCC1COCCC1N. The van der Waals surface area contributed by atoms with Crippen LogP contribution in [0.3, 0.4) is 0 Å². The maximum Gasteiger partial charge on any atom is 0.0700 e. The Hall–Kier alpha value is -0.160. The highest BCUT2D eigenvalue weighted by Gasteiger charge is 2.21. The normalized spacial score (nSPS) is 27.9. The minimum absolute atomic E-state index is 0.287. The van der Waals surface area contributed by atoms with E-state index < -0.39 is 0 Å². The van der Waals surface area contributed by atoms with Gasteiger partial charge in [0.2, 0.25) is 0 Å². The second-order valence-electron chi connectivity index (χ2n) is 3.68. The molecule has 2 atom stereocenters. The first-order valence-corrected chi connectivity index (χ1v) is 5.24. The molecule has 14 heavy (non-hydrogen) atoms. The average Bonchev–Trinajstić information content (AvgIpc) is 2.20. The van der Waals surface area contributed by atoms with Crippen molar-refractivity contribution in [1.29, 1.82) is 0 Å². The largest absolute Gasteiger partial charge is 0.382 e. The number of nitrogens with two attached hydrogens (primary N) is 1. The minimum Gasteiger partial charge on any atom is -0.382 e. The number of rotatable bonds is 6. The zero-order valence-electron chi connectivity index (χ0n) is 8.91. The lowest BCUT2D eigenvalue weighted by molar-refractivity contribution is 0.0153. The fourth-order valence-corrected chi connectivity index (χ4v) is 1.59. The van der Waals surface area contributed by atoms with Crippen molar-refractivity contribution in [3.8, 4) is 0 Å². The molecule has 1 rings (SSSR count). The zero-order chi connectivity index (χ0) is 10.2. The molecule has 1 saturated heterocycles. The number of hydrogen-bond acceptors (Lipinski definition) is 4. The van der Waals surface area contributed by atoms with Crippen molar-refractivity contribution in [1.82, 2.24) is 0 Å². The number of ether oxygens (including phenoxy) is 3. The van der Waals surface area contributed by atoms with Gasteiger partial charge in [-0.15, -0.1) is 0 Å². The third-order valence-corrected chi connectivity index (χ3v) is 2.60. The first kappa shape index (κ1) is 11.9. The summed E-state index contributed by atoms with van der Waals surface area (Å²) in [4.78, 5) is 0. The first-order valence-electron chi connectivity index (χ1n) is 5.24. The van der Waals surface area contributed by atoms with Crippen LogP contribution in [0.1, 0.15) is 12.8 Å². The fourth-order valence-electron chi connectivity index (χ4n) is 1.59. The Bertz CT molecular complexity index is 143. The Morgan fingerprint density at radius 2 is 2.21 bits per heavy atom. The van der Waals surface area contributed by atoms with E-state index in [-0.39, 0.29) is 6.04 Å². The maximum absolute atomic E-state index is 5.96. The van der Waals surface area contributed by atoms with E-state index in [0.29, 0.717) is 19.1 Å². The van der Waals surface area contributed by atoms with Crippen molar-refractivity contribution in [2.75, 3.05) is 40.1 Å². The molecule has 1 aliphatic rings. The molecule has 0 aromatic carbocycles. The van der Waals surface area contributed by atoms with Crippen LogP contribution in [0.4, 0.5) is 0 Å². The monoisotopic (exact) mass is 203 g/mol. The van der Waals surface area contributed by atoms with E-state index in [1.54, 1.807) is 7.11 Å². The fraction of sp³-hybridized carbons (Fsp3) is 1.00. The average molecular weight is 203 g/mol. The molecule has 1 heterocycles. The second-order valence-corrected chi connectivity index (χ2v) is 3.68. The Morgan fingerprint density at radius 3 is 2.93 bits per heavy atom. The summed E-state index contributed by atoms with van der Waals surface area (Å²) >= 11 is 0. The lowest BCUT2D eigenvalue weighted by Crippen LogP contribution is -2.39. The van der Waals surface area contributed by atoms with E-state index in [1.165, 1.54) is 0 Å². The number of methoxy groups -OCH3 is 1. The van der Waals surface area contributed by atoms with Crippen LogP contribution in [0.2, 0.25) is 0 Å². The summed E-state index contributed by atoms with van der Waals surface area (Å²) in [7, 11) is 1.67. The predicted molar refractivity (Wildman–Crippen MR) is 54.2 cm³/mol. The molecular weight excluding hydrogens is 182 g/mol. The molecule has 84 valence electrons. The lowest BCUT2D eigenvalue weighted by Gasteiger charge is -2.28. The quantitative estimate of drug-likeness (QED) is 0.635. The lowest BCUT2D eigenvalue weighted by atomic mass is 9.94. The molecular formula is C10H21NO3. The van der Waals surface area contributed by atoms with Gasteiger partial charge in [-0.2, -0.15) is 0 Å². The highest BCUT2D eigenvalue weighted by molar-refractivity contribution is 4.75. The predicted octanol–water partition coefficient (Wildman–Crippen LogP) is 0.403. The smallest absolute Gasteiger partial charge is 0.0700 e. The van der Waals surface area contributed by atoms with Gasteiger partial charge in [0.15, 0.2) is 0 Å². The van der Waals surface area contributed by atoms with Gasteiger partial charge in [0.05, 0.1) is 19.8 Å². The van der Waals surface area contributed by atoms with Gasteiger partial charge in [0.1, 0.15) is 0 Å². The minimum atomic E-state index is 0.287. The van der Waals surface area contributed by atoms with E-state index in [2.05, 4.69) is 0 Å². The van der Waals surface area contributed by atoms with Crippen LogP contribution in [0.25, 0.3) is 0 Å².